The van der Waals surface area contributed by atoms with Crippen LogP contribution in [0.15, 0.2) is 261 Å². The van der Waals surface area contributed by atoms with E-state index in [-0.39, 0.29) is 12.1 Å². The Hall–Kier alpha value is -10.0. The van der Waals surface area contributed by atoms with Crippen LogP contribution in [0.5, 0.6) is 0 Å². The van der Waals surface area contributed by atoms with Crippen LogP contribution in [0, 0.1) is 0 Å². The van der Waals surface area contributed by atoms with Crippen molar-refractivity contribution in [2.24, 2.45) is 0 Å². The zero-order chi connectivity index (χ0) is 53.2. The average Bonchev–Trinajstić information content (AvgIpc) is 3.60. The molecule has 2 aromatic heterocycles. The SMILES string of the molecule is CC(C)(C)c1ccc2c(c1)c1cccc3c1n2-c1ccc(-c2nc(-c4ccccc4)cc(-c4ccccc4)n2)cc1-c1ccc(-c2ccc4c5c2N(c2ccccc2)c2ccccc2B5c2ccccc2N4c2ccccc2)cc1-3. The Kier molecular flexibility index (Phi) is 10.2. The summed E-state index contributed by atoms with van der Waals surface area (Å²) in [6.07, 6.45) is 0. The van der Waals surface area contributed by atoms with Crippen LogP contribution in [0.25, 0.3) is 94.8 Å². The molecule has 0 spiro atoms. The van der Waals surface area contributed by atoms with E-state index in [0.717, 1.165) is 61.8 Å². The van der Waals surface area contributed by atoms with Gasteiger partial charge in [-0.1, -0.05) is 197 Å². The van der Waals surface area contributed by atoms with Crippen molar-refractivity contribution in [3.05, 3.63) is 266 Å². The number of benzene rings is 11. The molecular weight excluding hydrogens is 970 g/mol. The van der Waals surface area contributed by atoms with Gasteiger partial charge in [0.15, 0.2) is 5.82 Å². The zero-order valence-electron chi connectivity index (χ0n) is 44.6. The van der Waals surface area contributed by atoms with Crippen molar-refractivity contribution in [2.75, 3.05) is 9.80 Å². The molecule has 80 heavy (non-hydrogen) atoms. The summed E-state index contributed by atoms with van der Waals surface area (Å²) in [5.41, 5.74) is 27.5. The van der Waals surface area contributed by atoms with Crippen molar-refractivity contribution >= 4 is 79.0 Å². The van der Waals surface area contributed by atoms with Gasteiger partial charge in [-0.3, -0.25) is 0 Å². The van der Waals surface area contributed by atoms with Gasteiger partial charge in [-0.15, -0.1) is 0 Å². The van der Waals surface area contributed by atoms with Crippen LogP contribution in [0.4, 0.5) is 34.1 Å². The Bertz CT molecular complexity index is 4570. The van der Waals surface area contributed by atoms with E-state index in [4.69, 9.17) is 9.97 Å². The molecule has 5 nitrogen and oxygen atoms in total. The number of rotatable bonds is 6. The summed E-state index contributed by atoms with van der Waals surface area (Å²) >= 11 is 0. The summed E-state index contributed by atoms with van der Waals surface area (Å²) in [5.74, 6) is 0.681. The Labute approximate surface area is 466 Å². The second-order valence-corrected chi connectivity index (χ2v) is 22.5. The molecular formula is C74H52BN5. The van der Waals surface area contributed by atoms with Crippen LogP contribution in [-0.4, -0.2) is 21.2 Å². The van der Waals surface area contributed by atoms with Gasteiger partial charge in [0, 0.05) is 72.6 Å². The van der Waals surface area contributed by atoms with E-state index in [9.17, 15) is 0 Å². The van der Waals surface area contributed by atoms with Crippen molar-refractivity contribution in [2.45, 2.75) is 26.2 Å². The first kappa shape index (κ1) is 46.1. The second-order valence-electron chi connectivity index (χ2n) is 22.5. The van der Waals surface area contributed by atoms with Gasteiger partial charge in [-0.2, -0.15) is 0 Å². The molecule has 0 aliphatic carbocycles. The summed E-state index contributed by atoms with van der Waals surface area (Å²) in [7, 11) is 0. The maximum atomic E-state index is 5.36. The van der Waals surface area contributed by atoms with E-state index in [2.05, 4.69) is 296 Å². The highest BCUT2D eigenvalue weighted by Gasteiger charge is 2.44. The molecule has 0 amide bonds. The molecule has 0 fully saturated rings. The molecule has 3 aliphatic rings. The molecule has 6 heteroatoms. The molecule has 0 radical (unpaired) electrons. The molecule has 5 heterocycles. The lowest BCUT2D eigenvalue weighted by atomic mass is 9.33. The van der Waals surface area contributed by atoms with Crippen molar-refractivity contribution in [1.82, 2.24) is 14.5 Å². The third-order valence-corrected chi connectivity index (χ3v) is 16.9. The van der Waals surface area contributed by atoms with E-state index < -0.39 is 0 Å². The van der Waals surface area contributed by atoms with Crippen LogP contribution in [0.3, 0.4) is 0 Å². The molecule has 0 unspecified atom stereocenters. The van der Waals surface area contributed by atoms with E-state index in [1.54, 1.807) is 0 Å². The van der Waals surface area contributed by atoms with Crippen molar-refractivity contribution < 1.29 is 0 Å². The van der Waals surface area contributed by atoms with Gasteiger partial charge in [-0.25, -0.2) is 9.97 Å². The molecule has 0 N–H and O–H groups in total. The third kappa shape index (κ3) is 7.05. The fourth-order valence-corrected chi connectivity index (χ4v) is 13.2. The van der Waals surface area contributed by atoms with Crippen LogP contribution in [0.1, 0.15) is 26.3 Å². The zero-order valence-corrected chi connectivity index (χ0v) is 44.6. The molecule has 11 aromatic carbocycles. The van der Waals surface area contributed by atoms with Crippen molar-refractivity contribution in [1.29, 1.82) is 0 Å². The lowest BCUT2D eigenvalue weighted by Gasteiger charge is -2.45. The Morgan fingerprint density at radius 1 is 0.362 bits per heavy atom. The summed E-state index contributed by atoms with van der Waals surface area (Å²) in [4.78, 5) is 15.7. The van der Waals surface area contributed by atoms with Gasteiger partial charge in [0.25, 0.3) is 6.71 Å². The quantitative estimate of drug-likeness (QED) is 0.156. The lowest BCUT2D eigenvalue weighted by molar-refractivity contribution is 0.591. The monoisotopic (exact) mass is 1020 g/mol. The largest absolute Gasteiger partial charge is 0.311 e. The van der Waals surface area contributed by atoms with Gasteiger partial charge in [-0.05, 0) is 129 Å². The average molecular weight is 1020 g/mol. The summed E-state index contributed by atoms with van der Waals surface area (Å²) < 4.78 is 2.53. The Morgan fingerprint density at radius 2 is 0.925 bits per heavy atom. The first-order chi connectivity index (χ1) is 39.3. The Balaban J connectivity index is 0.975. The topological polar surface area (TPSA) is 37.2 Å². The third-order valence-electron chi connectivity index (χ3n) is 16.9. The van der Waals surface area contributed by atoms with E-state index in [0.29, 0.717) is 5.82 Å². The smallest absolute Gasteiger partial charge is 0.252 e. The van der Waals surface area contributed by atoms with Gasteiger partial charge in [0.05, 0.1) is 33.8 Å². The standard InChI is InChI=1S/C74H52BN5/c1-74(2,3)51-37-41-66-60(45-51)57-30-20-29-56-58-43-49(35-38-55(58)59-44-50(36-40-65(59)80(66)71(56)57)73-76-63(47-21-8-4-9-22-47)46-64(77-73)48-23-10-5-11-24-48)54-39-42-69-70-72(54)79(53-27-14-7-15-28-53)68-34-19-17-32-62(68)75(70)61-31-16-18-33-67(61)78(69)52-25-12-6-13-26-52/h4-46H,1-3H3. The summed E-state index contributed by atoms with van der Waals surface area (Å²) in [6.45, 7) is 6.91. The number of hydrogen-bond acceptors (Lipinski definition) is 4. The molecule has 0 saturated heterocycles. The van der Waals surface area contributed by atoms with E-state index in [1.165, 1.54) is 83.2 Å². The number of anilines is 6. The van der Waals surface area contributed by atoms with Gasteiger partial charge in [0.2, 0.25) is 0 Å². The van der Waals surface area contributed by atoms with Crippen LogP contribution >= 0.6 is 0 Å². The van der Waals surface area contributed by atoms with Crippen LogP contribution in [0.2, 0.25) is 0 Å². The van der Waals surface area contributed by atoms with Gasteiger partial charge >= 0.3 is 0 Å². The van der Waals surface area contributed by atoms with Crippen LogP contribution in [-0.2, 0) is 5.41 Å². The maximum absolute atomic E-state index is 5.36. The molecule has 376 valence electrons. The first-order valence-electron chi connectivity index (χ1n) is 27.8. The predicted octanol–water partition coefficient (Wildman–Crippen LogP) is 17.3. The second kappa shape index (κ2) is 17.8. The predicted molar refractivity (Wildman–Crippen MR) is 335 cm³/mol. The fraction of sp³-hybridized carbons (Fsp3) is 0.0541. The van der Waals surface area contributed by atoms with Crippen molar-refractivity contribution in [3.63, 3.8) is 0 Å². The summed E-state index contributed by atoms with van der Waals surface area (Å²) in [6, 6.07) is 95.8. The molecule has 13 aromatic rings. The maximum Gasteiger partial charge on any atom is 0.252 e. The van der Waals surface area contributed by atoms with E-state index >= 15 is 0 Å². The number of fused-ring (bicyclic) bond motifs is 12. The highest BCUT2D eigenvalue weighted by atomic mass is 15.2. The van der Waals surface area contributed by atoms with Crippen LogP contribution < -0.4 is 26.2 Å². The van der Waals surface area contributed by atoms with Crippen molar-refractivity contribution in [3.8, 4) is 73.0 Å². The molecule has 0 saturated carbocycles. The molecule has 16 rings (SSSR count). The first-order valence-corrected chi connectivity index (χ1v) is 27.8. The highest BCUT2D eigenvalue weighted by molar-refractivity contribution is 7.00. The molecule has 3 aliphatic heterocycles. The number of para-hydroxylation sites is 5. The normalized spacial score (nSPS) is 12.9. The minimum Gasteiger partial charge on any atom is -0.311 e. The highest BCUT2D eigenvalue weighted by Crippen LogP contribution is 2.52. The molecule has 0 atom stereocenters. The van der Waals surface area contributed by atoms with E-state index in [1.807, 2.05) is 0 Å². The molecule has 0 bridgehead atoms. The summed E-state index contributed by atoms with van der Waals surface area (Å²) in [5, 5.41) is 2.49. The number of hydrogen-bond donors (Lipinski definition) is 0. The fourth-order valence-electron chi connectivity index (χ4n) is 13.2. The minimum absolute atomic E-state index is 0.00846. The van der Waals surface area contributed by atoms with Gasteiger partial charge in [0.1, 0.15) is 0 Å². The minimum atomic E-state index is -0.0268. The Morgan fingerprint density at radius 3 is 1.59 bits per heavy atom. The number of aromatic nitrogens is 3. The lowest BCUT2D eigenvalue weighted by Crippen LogP contribution is -2.61. The number of nitrogens with zero attached hydrogens (tertiary/aromatic N) is 5. The van der Waals surface area contributed by atoms with Gasteiger partial charge < -0.3 is 14.4 Å².